The van der Waals surface area contributed by atoms with Gasteiger partial charge in [0, 0.05) is 16.8 Å². The maximum Gasteiger partial charge on any atom is 0.416 e. The highest BCUT2D eigenvalue weighted by Crippen LogP contribution is 2.29. The van der Waals surface area contributed by atoms with Crippen LogP contribution in [0.4, 0.5) is 18.9 Å². The molecular weight excluding hydrogens is 383 g/mol. The summed E-state index contributed by atoms with van der Waals surface area (Å²) in [5, 5.41) is 15.1. The molecule has 0 atom stereocenters. The summed E-state index contributed by atoms with van der Waals surface area (Å²) in [6.45, 7) is 1.80. The Morgan fingerprint density at radius 2 is 1.62 bits per heavy atom. The minimum atomic E-state index is -4.44. The van der Waals surface area contributed by atoms with Gasteiger partial charge in [-0.15, -0.1) is 10.2 Å². The van der Waals surface area contributed by atoms with Crippen LogP contribution >= 0.6 is 0 Å². The molecule has 0 saturated heterocycles. The van der Waals surface area contributed by atoms with Gasteiger partial charge in [0.05, 0.1) is 11.3 Å². The van der Waals surface area contributed by atoms with E-state index in [0.717, 1.165) is 29.8 Å². The number of aryl methyl sites for hydroxylation is 1. The number of benzene rings is 2. The molecule has 0 spiro atoms. The van der Waals surface area contributed by atoms with Gasteiger partial charge in [-0.05, 0) is 55.5 Å². The Morgan fingerprint density at radius 1 is 0.931 bits per heavy atom. The fourth-order valence-corrected chi connectivity index (χ4v) is 2.79. The van der Waals surface area contributed by atoms with Gasteiger partial charge >= 0.3 is 6.18 Å². The van der Waals surface area contributed by atoms with Crippen molar-refractivity contribution in [2.75, 3.05) is 5.32 Å². The van der Waals surface area contributed by atoms with Gasteiger partial charge in [-0.3, -0.25) is 4.79 Å². The number of alkyl halides is 3. The molecule has 1 amide bonds. The molecule has 0 radical (unpaired) electrons. The van der Waals surface area contributed by atoms with Gasteiger partial charge in [0.15, 0.2) is 11.5 Å². The first-order valence-corrected chi connectivity index (χ1v) is 8.59. The standard InChI is InChI=1S/C20H14F3N5O/c1-12-25-26-18-11-10-17(27-28(12)18)13-4-8-16(9-5-13)24-19(29)14-2-6-15(7-3-14)20(21,22)23/h2-11H,1H3,(H,24,29). The highest BCUT2D eigenvalue weighted by molar-refractivity contribution is 6.04. The number of hydrogen-bond acceptors (Lipinski definition) is 4. The molecule has 0 aliphatic heterocycles. The topological polar surface area (TPSA) is 72.2 Å². The predicted molar refractivity (Wildman–Crippen MR) is 100 cm³/mol. The molecule has 2 aromatic carbocycles. The van der Waals surface area contributed by atoms with Gasteiger partial charge in [0.2, 0.25) is 0 Å². The Morgan fingerprint density at radius 3 is 2.28 bits per heavy atom. The van der Waals surface area contributed by atoms with E-state index in [2.05, 4.69) is 20.6 Å². The third-order valence-electron chi connectivity index (χ3n) is 4.33. The van der Waals surface area contributed by atoms with Crippen molar-refractivity contribution < 1.29 is 18.0 Å². The summed E-state index contributed by atoms with van der Waals surface area (Å²) in [6, 6.07) is 14.7. The molecule has 0 aliphatic rings. The van der Waals surface area contributed by atoms with Crippen LogP contribution in [0.3, 0.4) is 0 Å². The third kappa shape index (κ3) is 3.79. The summed E-state index contributed by atoms with van der Waals surface area (Å²) < 4.78 is 39.5. The summed E-state index contributed by atoms with van der Waals surface area (Å²) in [7, 11) is 0. The molecule has 0 aliphatic carbocycles. The van der Waals surface area contributed by atoms with Crippen LogP contribution in [-0.2, 0) is 6.18 Å². The van der Waals surface area contributed by atoms with E-state index >= 15 is 0 Å². The lowest BCUT2D eigenvalue weighted by Gasteiger charge is -2.09. The number of aromatic nitrogens is 4. The Hall–Kier alpha value is -3.75. The van der Waals surface area contributed by atoms with E-state index in [9.17, 15) is 18.0 Å². The summed E-state index contributed by atoms with van der Waals surface area (Å²) >= 11 is 0. The second-order valence-corrected chi connectivity index (χ2v) is 6.34. The molecule has 9 heteroatoms. The van der Waals surface area contributed by atoms with E-state index in [-0.39, 0.29) is 5.56 Å². The summed E-state index contributed by atoms with van der Waals surface area (Å²) in [6.07, 6.45) is -4.44. The van der Waals surface area contributed by atoms with Crippen molar-refractivity contribution in [2.24, 2.45) is 0 Å². The molecule has 6 nitrogen and oxygen atoms in total. The average Bonchev–Trinajstić information content (AvgIpc) is 3.08. The number of anilines is 1. The number of halogens is 3. The predicted octanol–water partition coefficient (Wildman–Crippen LogP) is 4.37. The van der Waals surface area contributed by atoms with E-state index < -0.39 is 17.6 Å². The van der Waals surface area contributed by atoms with Gasteiger partial charge in [-0.25, -0.2) is 0 Å². The molecule has 4 rings (SSSR count). The van der Waals surface area contributed by atoms with Crippen LogP contribution in [0.15, 0.2) is 60.7 Å². The number of fused-ring (bicyclic) bond motifs is 1. The Balaban J connectivity index is 1.50. The number of hydrogen-bond donors (Lipinski definition) is 1. The maximum absolute atomic E-state index is 12.6. The summed E-state index contributed by atoms with van der Waals surface area (Å²) in [5.74, 6) is 0.174. The SMILES string of the molecule is Cc1nnc2ccc(-c3ccc(NC(=O)c4ccc(C(F)(F)F)cc4)cc3)nn12. The monoisotopic (exact) mass is 397 g/mol. The normalized spacial score (nSPS) is 11.6. The van der Waals surface area contributed by atoms with Crippen molar-refractivity contribution in [1.29, 1.82) is 0 Å². The Bertz CT molecular complexity index is 1180. The van der Waals surface area contributed by atoms with Crippen molar-refractivity contribution in [3.63, 3.8) is 0 Å². The van der Waals surface area contributed by atoms with Crippen molar-refractivity contribution in [2.45, 2.75) is 13.1 Å². The lowest BCUT2D eigenvalue weighted by atomic mass is 10.1. The first-order chi connectivity index (χ1) is 13.8. The number of carbonyl (C=O) groups excluding carboxylic acids is 1. The van der Waals surface area contributed by atoms with Crippen LogP contribution in [-0.4, -0.2) is 25.7 Å². The highest BCUT2D eigenvalue weighted by atomic mass is 19.4. The molecular formula is C20H14F3N5O. The van der Waals surface area contributed by atoms with Crippen molar-refractivity contribution in [3.05, 3.63) is 77.6 Å². The second-order valence-electron chi connectivity index (χ2n) is 6.34. The molecule has 2 heterocycles. The van der Waals surface area contributed by atoms with Gasteiger partial charge in [0.25, 0.3) is 5.91 Å². The molecule has 29 heavy (non-hydrogen) atoms. The number of amides is 1. The molecule has 0 saturated carbocycles. The van der Waals surface area contributed by atoms with Gasteiger partial charge in [0.1, 0.15) is 0 Å². The lowest BCUT2D eigenvalue weighted by Crippen LogP contribution is -2.12. The molecule has 0 bridgehead atoms. The molecule has 1 N–H and O–H groups in total. The van der Waals surface area contributed by atoms with Crippen molar-refractivity contribution >= 4 is 17.2 Å². The van der Waals surface area contributed by atoms with Crippen LogP contribution in [0.1, 0.15) is 21.7 Å². The zero-order valence-electron chi connectivity index (χ0n) is 15.1. The van der Waals surface area contributed by atoms with Gasteiger partial charge in [-0.2, -0.15) is 22.8 Å². The fourth-order valence-electron chi connectivity index (χ4n) is 2.79. The Labute approximate surface area is 163 Å². The number of carbonyl (C=O) groups is 1. The minimum Gasteiger partial charge on any atom is -0.322 e. The van der Waals surface area contributed by atoms with Crippen LogP contribution in [0.25, 0.3) is 16.9 Å². The second kappa shape index (κ2) is 7.01. The molecule has 0 fully saturated rings. The molecule has 146 valence electrons. The smallest absolute Gasteiger partial charge is 0.322 e. The van der Waals surface area contributed by atoms with E-state index in [1.54, 1.807) is 35.7 Å². The number of nitrogens with zero attached hydrogens (tertiary/aromatic N) is 4. The van der Waals surface area contributed by atoms with Crippen LogP contribution in [0.2, 0.25) is 0 Å². The summed E-state index contributed by atoms with van der Waals surface area (Å²) in [5.41, 5.74) is 2.03. The fraction of sp³-hybridized carbons (Fsp3) is 0.100. The van der Waals surface area contributed by atoms with Gasteiger partial charge in [-0.1, -0.05) is 12.1 Å². The quantitative estimate of drug-likeness (QED) is 0.557. The zero-order chi connectivity index (χ0) is 20.6. The first-order valence-electron chi connectivity index (χ1n) is 8.59. The van der Waals surface area contributed by atoms with Gasteiger partial charge < -0.3 is 5.32 Å². The van der Waals surface area contributed by atoms with E-state index in [0.29, 0.717) is 22.9 Å². The number of nitrogens with one attached hydrogen (secondary N) is 1. The third-order valence-corrected chi connectivity index (χ3v) is 4.33. The zero-order valence-corrected chi connectivity index (χ0v) is 15.1. The van der Waals surface area contributed by atoms with Crippen molar-refractivity contribution in [1.82, 2.24) is 19.8 Å². The van der Waals surface area contributed by atoms with Crippen LogP contribution in [0, 0.1) is 6.92 Å². The Kier molecular flexibility index (Phi) is 4.50. The van der Waals surface area contributed by atoms with E-state index in [4.69, 9.17) is 0 Å². The largest absolute Gasteiger partial charge is 0.416 e. The van der Waals surface area contributed by atoms with Crippen LogP contribution in [0.5, 0.6) is 0 Å². The summed E-state index contributed by atoms with van der Waals surface area (Å²) in [4.78, 5) is 12.3. The first kappa shape index (κ1) is 18.6. The lowest BCUT2D eigenvalue weighted by molar-refractivity contribution is -0.137. The van der Waals surface area contributed by atoms with E-state index in [1.807, 2.05) is 12.1 Å². The minimum absolute atomic E-state index is 0.136. The number of rotatable bonds is 3. The molecule has 4 aromatic rings. The van der Waals surface area contributed by atoms with E-state index in [1.165, 1.54) is 0 Å². The highest BCUT2D eigenvalue weighted by Gasteiger charge is 2.30. The maximum atomic E-state index is 12.6. The molecule has 2 aromatic heterocycles. The van der Waals surface area contributed by atoms with Crippen molar-refractivity contribution in [3.8, 4) is 11.3 Å². The van der Waals surface area contributed by atoms with Crippen LogP contribution < -0.4 is 5.32 Å². The molecule has 0 unspecified atom stereocenters. The average molecular weight is 397 g/mol.